The lowest BCUT2D eigenvalue weighted by Crippen LogP contribution is -2.25. The molecule has 0 radical (unpaired) electrons. The molecule has 1 heterocycles. The Balaban J connectivity index is 1.51. The summed E-state index contributed by atoms with van der Waals surface area (Å²) in [6, 6.07) is 17.1. The topological polar surface area (TPSA) is 51.2 Å². The predicted molar refractivity (Wildman–Crippen MR) is 91.1 cm³/mol. The molecule has 1 aromatic heterocycles. The Labute approximate surface area is 138 Å². The summed E-state index contributed by atoms with van der Waals surface area (Å²) >= 11 is 1.42. The van der Waals surface area contributed by atoms with Gasteiger partial charge in [0.1, 0.15) is 5.75 Å². The number of aromatic nitrogens is 1. The summed E-state index contributed by atoms with van der Waals surface area (Å²) in [5, 5.41) is 5.36. The van der Waals surface area contributed by atoms with Crippen molar-refractivity contribution in [2.45, 2.75) is 6.42 Å². The first-order chi connectivity index (χ1) is 11.3. The maximum atomic E-state index is 12.1. The largest absolute Gasteiger partial charge is 0.431 e. The highest BCUT2D eigenvalue weighted by Crippen LogP contribution is 2.23. The Bertz CT molecular complexity index is 740. The molecule has 0 aliphatic rings. The minimum atomic E-state index is -0.0817. The second-order valence-corrected chi connectivity index (χ2v) is 5.77. The Morgan fingerprint density at radius 2 is 1.87 bits per heavy atom. The van der Waals surface area contributed by atoms with Gasteiger partial charge in [-0.15, -0.1) is 0 Å². The molecule has 3 rings (SSSR count). The molecule has 0 saturated heterocycles. The molecule has 0 aliphatic carbocycles. The first-order valence-corrected chi connectivity index (χ1v) is 8.19. The minimum Gasteiger partial charge on any atom is -0.431 e. The lowest BCUT2D eigenvalue weighted by atomic mass is 10.1. The number of nitrogens with one attached hydrogen (secondary N) is 1. The zero-order valence-electron chi connectivity index (χ0n) is 12.4. The van der Waals surface area contributed by atoms with Gasteiger partial charge in [0.05, 0.1) is 0 Å². The summed E-state index contributed by atoms with van der Waals surface area (Å²) in [4.78, 5) is 16.2. The normalized spacial score (nSPS) is 10.3. The summed E-state index contributed by atoms with van der Waals surface area (Å²) in [6.45, 7) is 0.611. The van der Waals surface area contributed by atoms with Crippen molar-refractivity contribution >= 4 is 17.2 Å². The van der Waals surface area contributed by atoms with Crippen LogP contribution in [0.4, 0.5) is 0 Å². The van der Waals surface area contributed by atoms with E-state index in [1.807, 2.05) is 23.6 Å². The number of amides is 1. The zero-order chi connectivity index (χ0) is 15.9. The summed E-state index contributed by atoms with van der Waals surface area (Å²) in [5.41, 5.74) is 1.82. The highest BCUT2D eigenvalue weighted by Gasteiger charge is 2.06. The molecule has 0 unspecified atom stereocenters. The average Bonchev–Trinajstić information content (AvgIpc) is 3.09. The van der Waals surface area contributed by atoms with Crippen LogP contribution in [0.5, 0.6) is 10.9 Å². The first kappa shape index (κ1) is 15.2. The molecule has 116 valence electrons. The van der Waals surface area contributed by atoms with Crippen LogP contribution in [0.3, 0.4) is 0 Å². The molecular weight excluding hydrogens is 308 g/mol. The molecule has 1 amide bonds. The molecule has 3 aromatic rings. The van der Waals surface area contributed by atoms with Gasteiger partial charge in [-0.3, -0.25) is 4.79 Å². The van der Waals surface area contributed by atoms with Crippen LogP contribution >= 0.6 is 11.3 Å². The van der Waals surface area contributed by atoms with Crippen molar-refractivity contribution in [3.8, 4) is 10.9 Å². The number of carbonyl (C=O) groups is 1. The SMILES string of the molecule is O=C(NCCc1ccccc1)c1ccc(Oc2nccs2)cc1. The standard InChI is InChI=1S/C18H16N2O2S/c21-17(19-11-10-14-4-2-1-3-5-14)15-6-8-16(9-7-15)22-18-20-12-13-23-18/h1-9,12-13H,10-11H2,(H,19,21). The van der Waals surface area contributed by atoms with Gasteiger partial charge in [-0.25, -0.2) is 4.98 Å². The summed E-state index contributed by atoms with van der Waals surface area (Å²) in [7, 11) is 0. The molecule has 23 heavy (non-hydrogen) atoms. The van der Waals surface area contributed by atoms with Crippen molar-refractivity contribution in [1.82, 2.24) is 10.3 Å². The molecule has 0 aliphatic heterocycles. The predicted octanol–water partition coefficient (Wildman–Crippen LogP) is 3.91. The van der Waals surface area contributed by atoms with Gasteiger partial charge < -0.3 is 10.1 Å². The van der Waals surface area contributed by atoms with Gasteiger partial charge in [-0.2, -0.15) is 0 Å². The van der Waals surface area contributed by atoms with Crippen LogP contribution in [0.25, 0.3) is 0 Å². The molecule has 2 aromatic carbocycles. The third-order valence-corrected chi connectivity index (χ3v) is 3.92. The van der Waals surface area contributed by atoms with E-state index in [-0.39, 0.29) is 5.91 Å². The van der Waals surface area contributed by atoms with Gasteiger partial charge in [0.15, 0.2) is 0 Å². The van der Waals surface area contributed by atoms with Crippen molar-refractivity contribution in [2.75, 3.05) is 6.54 Å². The molecule has 1 N–H and O–H groups in total. The van der Waals surface area contributed by atoms with Crippen LogP contribution in [-0.4, -0.2) is 17.4 Å². The van der Waals surface area contributed by atoms with Crippen LogP contribution in [0.2, 0.25) is 0 Å². The number of thiazole rings is 1. The van der Waals surface area contributed by atoms with Gasteiger partial charge in [0.2, 0.25) is 0 Å². The second kappa shape index (κ2) is 7.56. The smallest absolute Gasteiger partial charge is 0.278 e. The maximum Gasteiger partial charge on any atom is 0.278 e. The summed E-state index contributed by atoms with van der Waals surface area (Å²) in [6.07, 6.45) is 2.51. The van der Waals surface area contributed by atoms with Crippen LogP contribution in [0.15, 0.2) is 66.2 Å². The van der Waals surface area contributed by atoms with Gasteiger partial charge >= 0.3 is 0 Å². The molecule has 0 saturated carbocycles. The highest BCUT2D eigenvalue weighted by atomic mass is 32.1. The van der Waals surface area contributed by atoms with Crippen LogP contribution in [0, 0.1) is 0 Å². The molecular formula is C18H16N2O2S. The number of hydrogen-bond acceptors (Lipinski definition) is 4. The Morgan fingerprint density at radius 1 is 1.09 bits per heavy atom. The number of benzene rings is 2. The lowest BCUT2D eigenvalue weighted by Gasteiger charge is -2.06. The molecule has 4 nitrogen and oxygen atoms in total. The van der Waals surface area contributed by atoms with E-state index in [1.54, 1.807) is 30.5 Å². The second-order valence-electron chi connectivity index (χ2n) is 4.92. The summed E-state index contributed by atoms with van der Waals surface area (Å²) in [5.74, 6) is 0.586. The molecule has 0 bridgehead atoms. The van der Waals surface area contributed by atoms with Gasteiger partial charge in [0.25, 0.3) is 11.1 Å². The van der Waals surface area contributed by atoms with E-state index in [2.05, 4.69) is 22.4 Å². The molecule has 5 heteroatoms. The summed E-state index contributed by atoms with van der Waals surface area (Å²) < 4.78 is 5.57. The third-order valence-electron chi connectivity index (χ3n) is 3.27. The molecule has 0 atom stereocenters. The molecule has 0 spiro atoms. The van der Waals surface area contributed by atoms with Gasteiger partial charge in [-0.1, -0.05) is 41.7 Å². The maximum absolute atomic E-state index is 12.1. The Hall–Kier alpha value is -2.66. The first-order valence-electron chi connectivity index (χ1n) is 7.31. The van der Waals surface area contributed by atoms with Crippen molar-refractivity contribution < 1.29 is 9.53 Å². The van der Waals surface area contributed by atoms with Crippen molar-refractivity contribution in [3.05, 3.63) is 77.3 Å². The van der Waals surface area contributed by atoms with E-state index in [1.165, 1.54) is 16.9 Å². The quantitative estimate of drug-likeness (QED) is 0.748. The monoisotopic (exact) mass is 324 g/mol. The minimum absolute atomic E-state index is 0.0817. The van der Waals surface area contributed by atoms with Crippen LogP contribution in [-0.2, 0) is 6.42 Å². The molecule has 0 fully saturated rings. The van der Waals surface area contributed by atoms with Crippen molar-refractivity contribution in [1.29, 1.82) is 0 Å². The van der Waals surface area contributed by atoms with E-state index in [0.717, 1.165) is 6.42 Å². The van der Waals surface area contributed by atoms with Crippen LogP contribution in [0.1, 0.15) is 15.9 Å². The van der Waals surface area contributed by atoms with E-state index in [0.29, 0.717) is 23.1 Å². The fraction of sp³-hybridized carbons (Fsp3) is 0.111. The van der Waals surface area contributed by atoms with E-state index in [9.17, 15) is 4.79 Å². The highest BCUT2D eigenvalue weighted by molar-refractivity contribution is 7.11. The zero-order valence-corrected chi connectivity index (χ0v) is 13.3. The van der Waals surface area contributed by atoms with Gasteiger partial charge in [-0.05, 0) is 36.2 Å². The fourth-order valence-electron chi connectivity index (χ4n) is 2.10. The fourth-order valence-corrected chi connectivity index (χ4v) is 2.61. The van der Waals surface area contributed by atoms with E-state index >= 15 is 0 Å². The number of nitrogens with zero attached hydrogens (tertiary/aromatic N) is 1. The van der Waals surface area contributed by atoms with Crippen molar-refractivity contribution in [2.24, 2.45) is 0 Å². The Morgan fingerprint density at radius 3 is 2.57 bits per heavy atom. The third kappa shape index (κ3) is 4.40. The van der Waals surface area contributed by atoms with Crippen molar-refractivity contribution in [3.63, 3.8) is 0 Å². The number of hydrogen-bond donors (Lipinski definition) is 1. The average molecular weight is 324 g/mol. The van der Waals surface area contributed by atoms with E-state index in [4.69, 9.17) is 4.74 Å². The number of ether oxygens (including phenoxy) is 1. The van der Waals surface area contributed by atoms with E-state index < -0.39 is 0 Å². The lowest BCUT2D eigenvalue weighted by molar-refractivity contribution is 0.0954. The van der Waals surface area contributed by atoms with Crippen LogP contribution < -0.4 is 10.1 Å². The Kier molecular flexibility index (Phi) is 5.01. The number of rotatable bonds is 6. The number of carbonyl (C=O) groups excluding carboxylic acids is 1. The van der Waals surface area contributed by atoms with Gasteiger partial charge in [0, 0.05) is 23.7 Å².